The van der Waals surface area contributed by atoms with E-state index in [1.807, 2.05) is 37.3 Å². The average Bonchev–Trinajstić information content (AvgIpc) is 2.47. The fraction of sp³-hybridized carbons (Fsp3) is 0.588. The molecular formula is C17H26N2O2. The molecule has 3 atom stereocenters. The van der Waals surface area contributed by atoms with Crippen LogP contribution in [0.5, 0.6) is 0 Å². The van der Waals surface area contributed by atoms with Crippen molar-refractivity contribution in [2.75, 3.05) is 6.61 Å². The maximum atomic E-state index is 12.7. The minimum atomic E-state index is -0.817. The van der Waals surface area contributed by atoms with Gasteiger partial charge < -0.3 is 16.2 Å². The molecule has 4 nitrogen and oxygen atoms in total. The molecule has 1 aliphatic carbocycles. The van der Waals surface area contributed by atoms with Gasteiger partial charge in [0.1, 0.15) is 0 Å². The zero-order chi connectivity index (χ0) is 15.5. The first kappa shape index (κ1) is 16.0. The molecule has 1 aliphatic rings. The van der Waals surface area contributed by atoms with Gasteiger partial charge in [-0.3, -0.25) is 4.79 Å². The van der Waals surface area contributed by atoms with E-state index in [4.69, 9.17) is 5.73 Å². The molecule has 1 fully saturated rings. The third-order valence-corrected chi connectivity index (χ3v) is 4.60. The number of nitrogens with one attached hydrogen (secondary N) is 1. The number of hydrogen-bond acceptors (Lipinski definition) is 3. The molecule has 0 aliphatic heterocycles. The van der Waals surface area contributed by atoms with Crippen molar-refractivity contribution < 1.29 is 9.90 Å². The van der Waals surface area contributed by atoms with Gasteiger partial charge in [-0.05, 0) is 31.2 Å². The quantitative estimate of drug-likeness (QED) is 0.793. The number of hydrogen-bond donors (Lipinski definition) is 3. The smallest absolute Gasteiger partial charge is 0.240 e. The number of carbonyl (C=O) groups is 1. The molecule has 0 bridgehead atoms. The number of rotatable bonds is 4. The van der Waals surface area contributed by atoms with Crippen molar-refractivity contribution in [3.8, 4) is 0 Å². The van der Waals surface area contributed by atoms with Gasteiger partial charge in [-0.25, -0.2) is 0 Å². The van der Waals surface area contributed by atoms with Crippen LogP contribution < -0.4 is 11.1 Å². The minimum Gasteiger partial charge on any atom is -0.394 e. The van der Waals surface area contributed by atoms with Crippen molar-refractivity contribution >= 4 is 5.91 Å². The first-order valence-electron chi connectivity index (χ1n) is 7.67. The first-order chi connectivity index (χ1) is 9.89. The van der Waals surface area contributed by atoms with E-state index in [1.165, 1.54) is 0 Å². The summed E-state index contributed by atoms with van der Waals surface area (Å²) in [6, 6.07) is 9.52. The van der Waals surface area contributed by atoms with Crippen LogP contribution in [0.25, 0.3) is 0 Å². The molecular weight excluding hydrogens is 264 g/mol. The van der Waals surface area contributed by atoms with Crippen molar-refractivity contribution in [1.82, 2.24) is 5.32 Å². The summed E-state index contributed by atoms with van der Waals surface area (Å²) in [5.74, 6) is 0.307. The van der Waals surface area contributed by atoms with Crippen LogP contribution in [0.15, 0.2) is 30.3 Å². The largest absolute Gasteiger partial charge is 0.394 e. The maximum Gasteiger partial charge on any atom is 0.240 e. The summed E-state index contributed by atoms with van der Waals surface area (Å²) < 4.78 is 0. The SMILES string of the molecule is CC1CCCC(N)(C(=O)NC(C)(CO)c2ccccc2)C1. The fourth-order valence-electron chi connectivity index (χ4n) is 3.18. The van der Waals surface area contributed by atoms with E-state index in [-0.39, 0.29) is 12.5 Å². The van der Waals surface area contributed by atoms with Gasteiger partial charge in [0.05, 0.1) is 17.7 Å². The molecule has 116 valence electrons. The van der Waals surface area contributed by atoms with Crippen molar-refractivity contribution in [2.24, 2.45) is 11.7 Å². The minimum absolute atomic E-state index is 0.158. The van der Waals surface area contributed by atoms with Crippen LogP contribution >= 0.6 is 0 Å². The van der Waals surface area contributed by atoms with Crippen molar-refractivity contribution in [3.63, 3.8) is 0 Å². The molecule has 1 aromatic rings. The first-order valence-corrected chi connectivity index (χ1v) is 7.67. The van der Waals surface area contributed by atoms with Crippen LogP contribution in [0.1, 0.15) is 45.1 Å². The maximum absolute atomic E-state index is 12.7. The molecule has 21 heavy (non-hydrogen) atoms. The Morgan fingerprint density at radius 1 is 1.48 bits per heavy atom. The van der Waals surface area contributed by atoms with Gasteiger partial charge in [-0.2, -0.15) is 0 Å². The summed E-state index contributed by atoms with van der Waals surface area (Å²) in [6.07, 6.45) is 3.52. The highest BCUT2D eigenvalue weighted by Gasteiger charge is 2.41. The third-order valence-electron chi connectivity index (χ3n) is 4.60. The Bertz CT molecular complexity index is 491. The highest BCUT2D eigenvalue weighted by Crippen LogP contribution is 2.31. The van der Waals surface area contributed by atoms with E-state index in [1.54, 1.807) is 0 Å². The summed E-state index contributed by atoms with van der Waals surface area (Å²) in [4.78, 5) is 12.7. The van der Waals surface area contributed by atoms with Crippen molar-refractivity contribution in [1.29, 1.82) is 0 Å². The summed E-state index contributed by atoms with van der Waals surface area (Å²) in [5, 5.41) is 12.7. The van der Waals surface area contributed by atoms with Gasteiger partial charge in [0.15, 0.2) is 0 Å². The number of benzene rings is 1. The molecule has 4 N–H and O–H groups in total. The number of amides is 1. The fourth-order valence-corrected chi connectivity index (χ4v) is 3.18. The highest BCUT2D eigenvalue weighted by molar-refractivity contribution is 5.87. The average molecular weight is 290 g/mol. The summed E-state index contributed by atoms with van der Waals surface area (Å²) in [7, 11) is 0. The van der Waals surface area contributed by atoms with Crippen LogP contribution in [0, 0.1) is 5.92 Å². The Morgan fingerprint density at radius 3 is 2.71 bits per heavy atom. The second-order valence-electron chi connectivity index (χ2n) is 6.67. The Labute approximate surface area is 126 Å². The van der Waals surface area contributed by atoms with E-state index >= 15 is 0 Å². The molecule has 1 aromatic carbocycles. The summed E-state index contributed by atoms with van der Waals surface area (Å²) in [6.45, 7) is 3.81. The monoisotopic (exact) mass is 290 g/mol. The van der Waals surface area contributed by atoms with E-state index in [2.05, 4.69) is 12.2 Å². The molecule has 2 rings (SSSR count). The summed E-state index contributed by atoms with van der Waals surface area (Å²) in [5.41, 5.74) is 5.61. The molecule has 0 spiro atoms. The van der Waals surface area contributed by atoms with Crippen LogP contribution in [-0.4, -0.2) is 23.2 Å². The van der Waals surface area contributed by atoms with Crippen molar-refractivity contribution in [3.05, 3.63) is 35.9 Å². The van der Waals surface area contributed by atoms with Crippen LogP contribution in [0.4, 0.5) is 0 Å². The lowest BCUT2D eigenvalue weighted by molar-refractivity contribution is -0.130. The lowest BCUT2D eigenvalue weighted by Crippen LogP contribution is -2.60. The van der Waals surface area contributed by atoms with Crippen LogP contribution in [-0.2, 0) is 10.3 Å². The standard InChI is InChI=1S/C17H26N2O2/c1-13-7-6-10-17(18,11-13)15(21)19-16(2,12-20)14-8-4-3-5-9-14/h3-5,8-9,13,20H,6-7,10-12,18H2,1-2H3,(H,19,21). The number of nitrogens with two attached hydrogens (primary N) is 1. The number of aliphatic hydroxyl groups is 1. The molecule has 3 unspecified atom stereocenters. The molecule has 1 saturated carbocycles. The number of aliphatic hydroxyl groups excluding tert-OH is 1. The Kier molecular flexibility index (Phi) is 4.69. The normalized spacial score (nSPS) is 28.7. The van der Waals surface area contributed by atoms with E-state index in [0.29, 0.717) is 18.8 Å². The van der Waals surface area contributed by atoms with Crippen molar-refractivity contribution in [2.45, 2.75) is 50.6 Å². The van der Waals surface area contributed by atoms with Gasteiger partial charge in [-0.1, -0.05) is 50.1 Å². The van der Waals surface area contributed by atoms with Gasteiger partial charge >= 0.3 is 0 Å². The Morgan fingerprint density at radius 2 is 2.14 bits per heavy atom. The third kappa shape index (κ3) is 3.44. The van der Waals surface area contributed by atoms with Crippen LogP contribution in [0.3, 0.4) is 0 Å². The zero-order valence-corrected chi connectivity index (χ0v) is 12.9. The van der Waals surface area contributed by atoms with E-state index in [9.17, 15) is 9.90 Å². The predicted molar refractivity (Wildman–Crippen MR) is 83.6 cm³/mol. The Hall–Kier alpha value is -1.39. The van der Waals surface area contributed by atoms with E-state index in [0.717, 1.165) is 18.4 Å². The van der Waals surface area contributed by atoms with Gasteiger partial charge in [0.25, 0.3) is 0 Å². The molecule has 1 amide bonds. The number of carbonyl (C=O) groups excluding carboxylic acids is 1. The zero-order valence-electron chi connectivity index (χ0n) is 12.9. The lowest BCUT2D eigenvalue weighted by atomic mass is 9.76. The second kappa shape index (κ2) is 6.16. The topological polar surface area (TPSA) is 75.4 Å². The van der Waals surface area contributed by atoms with Gasteiger partial charge in [0.2, 0.25) is 5.91 Å². The predicted octanol–water partition coefficient (Wildman–Crippen LogP) is 1.92. The molecule has 4 heteroatoms. The lowest BCUT2D eigenvalue weighted by Gasteiger charge is -2.39. The second-order valence-corrected chi connectivity index (χ2v) is 6.67. The molecule has 0 radical (unpaired) electrons. The molecule has 0 heterocycles. The molecule has 0 aromatic heterocycles. The van der Waals surface area contributed by atoms with Crippen LogP contribution in [0.2, 0.25) is 0 Å². The summed E-state index contributed by atoms with van der Waals surface area (Å²) >= 11 is 0. The van der Waals surface area contributed by atoms with E-state index < -0.39 is 11.1 Å². The van der Waals surface area contributed by atoms with Gasteiger partial charge in [0, 0.05) is 0 Å². The molecule has 0 saturated heterocycles. The van der Waals surface area contributed by atoms with Gasteiger partial charge in [-0.15, -0.1) is 0 Å². The highest BCUT2D eigenvalue weighted by atomic mass is 16.3. The Balaban J connectivity index is 2.16.